The first-order valence-corrected chi connectivity index (χ1v) is 9.77. The van der Waals surface area contributed by atoms with Gasteiger partial charge in [-0.15, -0.1) is 0 Å². The minimum atomic E-state index is -0.293. The Balaban J connectivity index is 1.49. The number of ether oxygens (including phenoxy) is 2. The average molecular weight is 394 g/mol. The van der Waals surface area contributed by atoms with E-state index in [1.807, 2.05) is 18.2 Å². The van der Waals surface area contributed by atoms with E-state index in [2.05, 4.69) is 10.6 Å². The number of rotatable bonds is 4. The Morgan fingerprint density at radius 1 is 1.03 bits per heavy atom. The Labute approximate surface area is 168 Å². The zero-order valence-electron chi connectivity index (χ0n) is 16.0. The van der Waals surface area contributed by atoms with Gasteiger partial charge in [-0.3, -0.25) is 9.59 Å². The van der Waals surface area contributed by atoms with Crippen LogP contribution in [-0.4, -0.2) is 49.8 Å². The van der Waals surface area contributed by atoms with Crippen LogP contribution < -0.4 is 15.4 Å². The van der Waals surface area contributed by atoms with Crippen LogP contribution in [0, 0.1) is 11.8 Å². The van der Waals surface area contributed by atoms with Crippen LogP contribution in [0.2, 0.25) is 0 Å². The molecule has 7 heteroatoms. The number of carbonyl (C=O) groups excluding carboxylic acids is 2. The molecule has 2 fully saturated rings. The van der Waals surface area contributed by atoms with Crippen molar-refractivity contribution in [3.63, 3.8) is 0 Å². The molecule has 1 aliphatic carbocycles. The predicted octanol–water partition coefficient (Wildman–Crippen LogP) is 1.65. The van der Waals surface area contributed by atoms with Gasteiger partial charge in [-0.25, -0.2) is 0 Å². The number of hydrogen-bond acceptors (Lipinski definition) is 5. The molecule has 2 amide bonds. The van der Waals surface area contributed by atoms with Crippen LogP contribution in [0.3, 0.4) is 0 Å². The van der Waals surface area contributed by atoms with E-state index in [1.165, 1.54) is 0 Å². The standard InChI is InChI=1S/C22H22N2O5/c1-23-22(27)15-7-12(21(26)24-19-17-8-28-9-18(17)19)6-14-16(10-29-20(14)15)11-2-4-13(25)5-3-11/h2-7,16-19,25H,8-10H2,1H3,(H,23,27)(H,24,26)/t16?,17-,18+,19?. The maximum atomic E-state index is 12.9. The summed E-state index contributed by atoms with van der Waals surface area (Å²) in [7, 11) is 1.55. The molecule has 5 rings (SSSR count). The first-order chi connectivity index (χ1) is 14.1. The molecule has 0 spiro atoms. The fourth-order valence-electron chi connectivity index (χ4n) is 4.43. The molecule has 2 unspecified atom stereocenters. The molecule has 29 heavy (non-hydrogen) atoms. The molecule has 2 aromatic rings. The van der Waals surface area contributed by atoms with Crippen molar-refractivity contribution in [3.05, 3.63) is 58.7 Å². The van der Waals surface area contributed by atoms with E-state index in [-0.39, 0.29) is 29.5 Å². The molecule has 150 valence electrons. The van der Waals surface area contributed by atoms with Crippen molar-refractivity contribution in [2.75, 3.05) is 26.9 Å². The molecule has 2 aliphatic heterocycles. The van der Waals surface area contributed by atoms with Gasteiger partial charge in [0.05, 0.1) is 25.4 Å². The molecule has 0 bridgehead atoms. The number of benzene rings is 2. The minimum absolute atomic E-state index is 0.115. The summed E-state index contributed by atoms with van der Waals surface area (Å²) in [4.78, 5) is 25.4. The average Bonchev–Trinajstić information content (AvgIpc) is 3.09. The first kappa shape index (κ1) is 18.0. The van der Waals surface area contributed by atoms with Crippen LogP contribution in [0.15, 0.2) is 36.4 Å². The Bertz CT molecular complexity index is 977. The Kier molecular flexibility index (Phi) is 4.20. The Hall–Kier alpha value is -3.06. The fourth-order valence-corrected chi connectivity index (χ4v) is 4.43. The summed E-state index contributed by atoms with van der Waals surface area (Å²) >= 11 is 0. The third-order valence-electron chi connectivity index (χ3n) is 6.17. The topological polar surface area (TPSA) is 96.9 Å². The van der Waals surface area contributed by atoms with Gasteiger partial charge >= 0.3 is 0 Å². The SMILES string of the molecule is CNC(=O)c1cc(C(=O)NC2[C@H]3COC[C@@H]23)cc2c1OCC2c1ccc(O)cc1. The van der Waals surface area contributed by atoms with Crippen LogP contribution >= 0.6 is 0 Å². The number of amides is 2. The number of fused-ring (bicyclic) bond motifs is 2. The summed E-state index contributed by atoms with van der Waals surface area (Å²) in [5.74, 6) is 0.907. The highest BCUT2D eigenvalue weighted by Gasteiger charge is 2.54. The van der Waals surface area contributed by atoms with E-state index in [0.29, 0.717) is 48.5 Å². The molecule has 2 aromatic carbocycles. The number of aromatic hydroxyl groups is 1. The second kappa shape index (κ2) is 6.77. The van der Waals surface area contributed by atoms with Crippen LogP contribution in [0.5, 0.6) is 11.5 Å². The van der Waals surface area contributed by atoms with Gasteiger partial charge in [0.2, 0.25) is 0 Å². The number of nitrogens with one attached hydrogen (secondary N) is 2. The molecule has 3 aliphatic rings. The molecule has 3 N–H and O–H groups in total. The predicted molar refractivity (Wildman–Crippen MR) is 104 cm³/mol. The highest BCUT2D eigenvalue weighted by molar-refractivity contribution is 6.02. The molecule has 1 saturated carbocycles. The quantitative estimate of drug-likeness (QED) is 0.733. The van der Waals surface area contributed by atoms with Crippen LogP contribution in [0.25, 0.3) is 0 Å². The summed E-state index contributed by atoms with van der Waals surface area (Å²) in [5, 5.41) is 15.3. The normalized spacial score (nSPS) is 26.2. The summed E-state index contributed by atoms with van der Waals surface area (Å²) in [6.07, 6.45) is 0. The molecule has 2 heterocycles. The van der Waals surface area contributed by atoms with Crippen molar-refractivity contribution in [3.8, 4) is 11.5 Å². The van der Waals surface area contributed by atoms with E-state index in [0.717, 1.165) is 11.1 Å². The highest BCUT2D eigenvalue weighted by Crippen LogP contribution is 2.45. The number of phenolic OH excluding ortho intramolecular Hbond substituents is 1. The van der Waals surface area contributed by atoms with Crippen molar-refractivity contribution < 1.29 is 24.2 Å². The van der Waals surface area contributed by atoms with Gasteiger partial charge in [0.25, 0.3) is 11.8 Å². The smallest absolute Gasteiger partial charge is 0.254 e. The molecular formula is C22H22N2O5. The van der Waals surface area contributed by atoms with Gasteiger partial charge in [0.1, 0.15) is 11.5 Å². The van der Waals surface area contributed by atoms with Gasteiger partial charge < -0.3 is 25.2 Å². The minimum Gasteiger partial charge on any atom is -0.508 e. The van der Waals surface area contributed by atoms with Gasteiger partial charge in [-0.2, -0.15) is 0 Å². The maximum Gasteiger partial charge on any atom is 0.254 e. The zero-order chi connectivity index (χ0) is 20.1. The molecule has 0 radical (unpaired) electrons. The van der Waals surface area contributed by atoms with Gasteiger partial charge in [-0.05, 0) is 29.8 Å². The lowest BCUT2D eigenvalue weighted by Gasteiger charge is -2.14. The van der Waals surface area contributed by atoms with E-state index in [9.17, 15) is 14.7 Å². The van der Waals surface area contributed by atoms with Crippen LogP contribution in [0.4, 0.5) is 0 Å². The lowest BCUT2D eigenvalue weighted by molar-refractivity contribution is 0.0929. The highest BCUT2D eigenvalue weighted by atomic mass is 16.5. The molecule has 7 nitrogen and oxygen atoms in total. The van der Waals surface area contributed by atoms with Gasteiger partial charge in [-0.1, -0.05) is 12.1 Å². The van der Waals surface area contributed by atoms with Crippen LogP contribution in [0.1, 0.15) is 37.8 Å². The van der Waals surface area contributed by atoms with Gasteiger partial charge in [0.15, 0.2) is 0 Å². The molecule has 1 saturated heterocycles. The van der Waals surface area contributed by atoms with Crippen molar-refractivity contribution in [2.24, 2.45) is 11.8 Å². The number of hydrogen-bond donors (Lipinski definition) is 3. The van der Waals surface area contributed by atoms with Crippen molar-refractivity contribution >= 4 is 11.8 Å². The second-order valence-corrected chi connectivity index (χ2v) is 7.84. The third kappa shape index (κ3) is 3.02. The lowest BCUT2D eigenvalue weighted by Crippen LogP contribution is -2.30. The lowest BCUT2D eigenvalue weighted by atomic mass is 9.90. The number of carbonyl (C=O) groups is 2. The largest absolute Gasteiger partial charge is 0.508 e. The zero-order valence-corrected chi connectivity index (χ0v) is 16.0. The van der Waals surface area contributed by atoms with Gasteiger partial charge in [0, 0.05) is 42.0 Å². The maximum absolute atomic E-state index is 12.9. The molecule has 0 aromatic heterocycles. The Morgan fingerprint density at radius 3 is 2.45 bits per heavy atom. The number of phenols is 1. The van der Waals surface area contributed by atoms with E-state index < -0.39 is 0 Å². The summed E-state index contributed by atoms with van der Waals surface area (Å²) < 4.78 is 11.2. The Morgan fingerprint density at radius 2 is 1.76 bits per heavy atom. The third-order valence-corrected chi connectivity index (χ3v) is 6.17. The first-order valence-electron chi connectivity index (χ1n) is 9.77. The molecule has 4 atom stereocenters. The summed E-state index contributed by atoms with van der Waals surface area (Å²) in [6.45, 7) is 1.76. The van der Waals surface area contributed by atoms with Crippen molar-refractivity contribution in [1.82, 2.24) is 10.6 Å². The fraction of sp³-hybridized carbons (Fsp3) is 0.364. The second-order valence-electron chi connectivity index (χ2n) is 7.84. The monoisotopic (exact) mass is 394 g/mol. The summed E-state index contributed by atoms with van der Waals surface area (Å²) in [5.41, 5.74) is 2.57. The van der Waals surface area contributed by atoms with E-state index in [4.69, 9.17) is 9.47 Å². The van der Waals surface area contributed by atoms with Crippen molar-refractivity contribution in [2.45, 2.75) is 12.0 Å². The summed E-state index contributed by atoms with van der Waals surface area (Å²) in [6, 6.07) is 10.5. The van der Waals surface area contributed by atoms with Crippen LogP contribution in [-0.2, 0) is 4.74 Å². The van der Waals surface area contributed by atoms with E-state index >= 15 is 0 Å². The van der Waals surface area contributed by atoms with E-state index in [1.54, 1.807) is 25.2 Å². The molecular weight excluding hydrogens is 372 g/mol. The van der Waals surface area contributed by atoms with Crippen molar-refractivity contribution in [1.29, 1.82) is 0 Å².